The van der Waals surface area contributed by atoms with Gasteiger partial charge in [0.2, 0.25) is 0 Å². The smallest absolute Gasteiger partial charge is 0.251 e. The summed E-state index contributed by atoms with van der Waals surface area (Å²) in [5, 5.41) is 0. The van der Waals surface area contributed by atoms with Crippen LogP contribution in [0.4, 0.5) is 5.82 Å². The number of aromatic nitrogens is 5. The van der Waals surface area contributed by atoms with E-state index in [9.17, 15) is 4.79 Å². The zero-order chi connectivity index (χ0) is 20.1. The van der Waals surface area contributed by atoms with Crippen molar-refractivity contribution in [2.75, 3.05) is 18.8 Å². The monoisotopic (exact) mass is 391 g/mol. The lowest BCUT2D eigenvalue weighted by atomic mass is 9.82. The van der Waals surface area contributed by atoms with Gasteiger partial charge in [0, 0.05) is 68.7 Å². The number of anilines is 1. The number of pyridine rings is 1. The van der Waals surface area contributed by atoms with Crippen LogP contribution in [0.25, 0.3) is 11.3 Å². The third-order valence-electron chi connectivity index (χ3n) is 6.32. The van der Waals surface area contributed by atoms with Crippen LogP contribution in [0.1, 0.15) is 29.6 Å². The fourth-order valence-corrected chi connectivity index (χ4v) is 4.79. The number of rotatable bonds is 3. The van der Waals surface area contributed by atoms with E-state index in [1.165, 1.54) is 12.0 Å². The van der Waals surface area contributed by atoms with E-state index in [1.807, 2.05) is 17.7 Å². The zero-order valence-corrected chi connectivity index (χ0v) is 16.7. The maximum absolute atomic E-state index is 12.9. The molecular weight excluding hydrogens is 366 g/mol. The molecule has 3 aromatic rings. The second-order valence-electron chi connectivity index (χ2n) is 8.29. The molecule has 2 N–H and O–H groups in total. The molecule has 150 valence electrons. The summed E-state index contributed by atoms with van der Waals surface area (Å²) in [5.74, 6) is 2.27. The molecule has 8 nitrogen and oxygen atoms in total. The fraction of sp³-hybridized carbons (Fsp3) is 0.429. The molecule has 1 fully saturated rings. The lowest BCUT2D eigenvalue weighted by Crippen LogP contribution is -2.46. The van der Waals surface area contributed by atoms with Crippen LogP contribution in [0.5, 0.6) is 0 Å². The average molecular weight is 391 g/mol. The summed E-state index contributed by atoms with van der Waals surface area (Å²) >= 11 is 0. The Bertz CT molecular complexity index is 1130. The minimum atomic E-state index is 0.0418. The number of hydrogen-bond acceptors (Lipinski definition) is 6. The van der Waals surface area contributed by atoms with Crippen LogP contribution in [-0.2, 0) is 20.1 Å². The molecule has 0 unspecified atom stereocenters. The average Bonchev–Trinajstić information content (AvgIpc) is 3.01. The fourth-order valence-electron chi connectivity index (χ4n) is 4.79. The van der Waals surface area contributed by atoms with Gasteiger partial charge in [0.25, 0.3) is 5.56 Å². The third-order valence-corrected chi connectivity index (χ3v) is 6.32. The number of aryl methyl sites for hydroxylation is 1. The van der Waals surface area contributed by atoms with Crippen molar-refractivity contribution in [2.24, 2.45) is 13.0 Å². The molecule has 29 heavy (non-hydrogen) atoms. The molecule has 8 heteroatoms. The summed E-state index contributed by atoms with van der Waals surface area (Å²) in [4.78, 5) is 28.0. The van der Waals surface area contributed by atoms with Crippen LogP contribution in [0, 0.1) is 12.8 Å². The van der Waals surface area contributed by atoms with Crippen molar-refractivity contribution in [1.29, 1.82) is 0 Å². The lowest BCUT2D eigenvalue weighted by Gasteiger charge is -2.43. The van der Waals surface area contributed by atoms with Gasteiger partial charge in [-0.3, -0.25) is 9.69 Å². The normalized spacial score (nSPS) is 21.2. The Morgan fingerprint density at radius 3 is 2.76 bits per heavy atom. The molecule has 5 heterocycles. The number of nitrogens with two attached hydrogens (primary N) is 1. The predicted octanol–water partition coefficient (Wildman–Crippen LogP) is 1.55. The number of nitrogen functional groups attached to an aromatic ring is 1. The first-order chi connectivity index (χ1) is 14.0. The highest BCUT2D eigenvalue weighted by Gasteiger charge is 2.35. The van der Waals surface area contributed by atoms with Gasteiger partial charge >= 0.3 is 0 Å². The van der Waals surface area contributed by atoms with Crippen LogP contribution >= 0.6 is 0 Å². The Kier molecular flexibility index (Phi) is 4.24. The number of nitrogens with zero attached hydrogens (tertiary/aromatic N) is 6. The van der Waals surface area contributed by atoms with E-state index in [2.05, 4.69) is 37.5 Å². The van der Waals surface area contributed by atoms with Gasteiger partial charge in [-0.2, -0.15) is 0 Å². The third kappa shape index (κ3) is 3.23. The van der Waals surface area contributed by atoms with Gasteiger partial charge in [-0.1, -0.05) is 0 Å². The van der Waals surface area contributed by atoms with Gasteiger partial charge < -0.3 is 14.9 Å². The van der Waals surface area contributed by atoms with Gasteiger partial charge in [-0.05, 0) is 25.3 Å². The van der Waals surface area contributed by atoms with Gasteiger partial charge in [-0.25, -0.2) is 15.0 Å². The molecule has 1 saturated heterocycles. The molecule has 0 radical (unpaired) electrons. The molecule has 0 aromatic carbocycles. The molecule has 3 aromatic heterocycles. The Balaban J connectivity index is 1.46. The number of hydrogen-bond donors (Lipinski definition) is 1. The number of fused-ring (bicyclic) bond motifs is 4. The maximum Gasteiger partial charge on any atom is 0.251 e. The van der Waals surface area contributed by atoms with Crippen molar-refractivity contribution in [3.63, 3.8) is 0 Å². The zero-order valence-electron chi connectivity index (χ0n) is 16.7. The maximum atomic E-state index is 12.9. The van der Waals surface area contributed by atoms with E-state index < -0.39 is 0 Å². The predicted molar refractivity (Wildman–Crippen MR) is 110 cm³/mol. The Labute approximate surface area is 169 Å². The Morgan fingerprint density at radius 1 is 1.14 bits per heavy atom. The van der Waals surface area contributed by atoms with Crippen molar-refractivity contribution in [3.05, 3.63) is 58.3 Å². The summed E-state index contributed by atoms with van der Waals surface area (Å²) in [5.41, 5.74) is 9.69. The quantitative estimate of drug-likeness (QED) is 0.728. The first kappa shape index (κ1) is 18.1. The van der Waals surface area contributed by atoms with Crippen molar-refractivity contribution in [2.45, 2.75) is 32.4 Å². The van der Waals surface area contributed by atoms with Crippen LogP contribution < -0.4 is 11.3 Å². The van der Waals surface area contributed by atoms with E-state index in [0.717, 1.165) is 49.7 Å². The summed E-state index contributed by atoms with van der Waals surface area (Å²) in [7, 11) is 2.07. The first-order valence-corrected chi connectivity index (χ1v) is 10.00. The first-order valence-electron chi connectivity index (χ1n) is 10.00. The topological polar surface area (TPSA) is 94.9 Å². The molecule has 0 spiro atoms. The molecule has 2 aliphatic rings. The van der Waals surface area contributed by atoms with Crippen molar-refractivity contribution in [3.8, 4) is 11.3 Å². The summed E-state index contributed by atoms with van der Waals surface area (Å²) in [6.07, 6.45) is 4.53. The minimum Gasteiger partial charge on any atom is -0.384 e. The molecule has 2 atom stereocenters. The van der Waals surface area contributed by atoms with E-state index in [-0.39, 0.29) is 5.56 Å². The van der Waals surface area contributed by atoms with Crippen LogP contribution in [0.15, 0.2) is 35.5 Å². The molecule has 5 rings (SSSR count). The van der Waals surface area contributed by atoms with Crippen LogP contribution in [0.3, 0.4) is 0 Å². The molecule has 2 bridgehead atoms. The Hall–Kier alpha value is -3.00. The van der Waals surface area contributed by atoms with Gasteiger partial charge in [0.1, 0.15) is 18.0 Å². The van der Waals surface area contributed by atoms with Crippen LogP contribution in [-0.4, -0.2) is 42.1 Å². The van der Waals surface area contributed by atoms with E-state index >= 15 is 0 Å². The van der Waals surface area contributed by atoms with Crippen molar-refractivity contribution < 1.29 is 0 Å². The molecule has 2 aliphatic heterocycles. The highest BCUT2D eigenvalue weighted by atomic mass is 16.1. The molecule has 0 amide bonds. The van der Waals surface area contributed by atoms with E-state index in [4.69, 9.17) is 5.73 Å². The molecule has 0 saturated carbocycles. The number of imidazole rings is 1. The standard InChI is InChI=1S/C21H25N7O/c1-13-23-7-17(26(13)2)11-27-8-14-3-16(10-27)19-4-15(5-21(29)28(19)9-14)18-6-20(22)25-12-24-18/h4-7,12,14,16H,3,8-11H2,1-2H3,(H2,22,24,25)/t14-,16+/m0/s1. The Morgan fingerprint density at radius 2 is 2.00 bits per heavy atom. The van der Waals surface area contributed by atoms with Crippen LogP contribution in [0.2, 0.25) is 0 Å². The van der Waals surface area contributed by atoms with Crippen molar-refractivity contribution in [1.82, 2.24) is 29.0 Å². The SMILES string of the molecule is Cc1ncc(CN2C[C@@H]3C[C@H](C2)c2cc(-c4cc(N)ncn4)cc(=O)n2C3)n1C. The van der Waals surface area contributed by atoms with Gasteiger partial charge in [0.05, 0.1) is 11.4 Å². The highest BCUT2D eigenvalue weighted by molar-refractivity contribution is 5.61. The molecule has 0 aliphatic carbocycles. The van der Waals surface area contributed by atoms with Gasteiger partial charge in [-0.15, -0.1) is 0 Å². The van der Waals surface area contributed by atoms with Crippen molar-refractivity contribution >= 4 is 5.82 Å². The van der Waals surface area contributed by atoms with E-state index in [1.54, 1.807) is 12.1 Å². The highest BCUT2D eigenvalue weighted by Crippen LogP contribution is 2.36. The summed E-state index contributed by atoms with van der Waals surface area (Å²) in [6.45, 7) is 5.64. The summed E-state index contributed by atoms with van der Waals surface area (Å²) < 4.78 is 4.11. The lowest BCUT2D eigenvalue weighted by molar-refractivity contribution is 0.112. The van der Waals surface area contributed by atoms with Gasteiger partial charge in [0.15, 0.2) is 0 Å². The second kappa shape index (κ2) is 6.81. The second-order valence-corrected chi connectivity index (χ2v) is 8.29. The summed E-state index contributed by atoms with van der Waals surface area (Å²) in [6, 6.07) is 5.50. The molecular formula is C21H25N7O. The number of piperidine rings is 1. The van der Waals surface area contributed by atoms with E-state index in [0.29, 0.717) is 23.3 Å². The minimum absolute atomic E-state index is 0.0418. The largest absolute Gasteiger partial charge is 0.384 e. The number of likely N-dealkylation sites (tertiary alicyclic amines) is 1.